The Bertz CT molecular complexity index is 1470. The zero-order valence-electron chi connectivity index (χ0n) is 21.5. The van der Waals surface area contributed by atoms with E-state index in [2.05, 4.69) is 21.2 Å². The molecule has 0 aliphatic carbocycles. The van der Waals surface area contributed by atoms with E-state index in [4.69, 9.17) is 11.6 Å². The highest BCUT2D eigenvalue weighted by atomic mass is 79.9. The number of rotatable bonds is 10. The van der Waals surface area contributed by atoms with Crippen LogP contribution < -0.4 is 9.62 Å². The number of benzene rings is 3. The molecule has 0 bridgehead atoms. The van der Waals surface area contributed by atoms with E-state index in [1.807, 2.05) is 0 Å². The van der Waals surface area contributed by atoms with Crippen LogP contribution in [0, 0.1) is 0 Å². The zero-order chi connectivity index (χ0) is 29.7. The van der Waals surface area contributed by atoms with Crippen molar-refractivity contribution < 1.29 is 31.2 Å². The second-order valence-electron chi connectivity index (χ2n) is 8.71. The number of hydrogen-bond acceptors (Lipinski definition) is 4. The maximum Gasteiger partial charge on any atom is 0.416 e. The number of carbonyl (C=O) groups excluding carboxylic acids is 2. The van der Waals surface area contributed by atoms with Crippen LogP contribution in [0.15, 0.2) is 82.2 Å². The topological polar surface area (TPSA) is 86.8 Å². The van der Waals surface area contributed by atoms with Crippen LogP contribution in [0.5, 0.6) is 0 Å². The van der Waals surface area contributed by atoms with Crippen molar-refractivity contribution >= 4 is 55.1 Å². The summed E-state index contributed by atoms with van der Waals surface area (Å²) in [5, 5.41) is 2.32. The lowest BCUT2D eigenvalue weighted by atomic mass is 10.1. The van der Waals surface area contributed by atoms with Crippen molar-refractivity contribution in [2.24, 2.45) is 0 Å². The summed E-state index contributed by atoms with van der Waals surface area (Å²) in [6.07, 6.45) is -4.80. The predicted molar refractivity (Wildman–Crippen MR) is 150 cm³/mol. The molecule has 0 spiro atoms. The SMILES string of the molecule is CCNC(=O)[C@H](C)N(Cc1cccc(Br)c1)C(=O)CN(c1cc(C(F)(F)F)ccc1Cl)S(=O)(=O)c1ccccc1. The Labute approximate surface area is 244 Å². The summed E-state index contributed by atoms with van der Waals surface area (Å²) >= 11 is 9.59. The number of nitrogens with one attached hydrogen (secondary N) is 1. The molecule has 0 unspecified atom stereocenters. The molecule has 3 aromatic carbocycles. The molecule has 13 heteroatoms. The van der Waals surface area contributed by atoms with Crippen LogP contribution in [0.2, 0.25) is 5.02 Å². The molecule has 0 aromatic heterocycles. The normalized spacial score (nSPS) is 12.5. The van der Waals surface area contributed by atoms with Crippen molar-refractivity contribution in [3.63, 3.8) is 0 Å². The lowest BCUT2D eigenvalue weighted by Gasteiger charge is -2.32. The summed E-state index contributed by atoms with van der Waals surface area (Å²) < 4.78 is 69.5. The zero-order valence-corrected chi connectivity index (χ0v) is 24.6. The number of carbonyl (C=O) groups is 2. The molecule has 1 atom stereocenters. The van der Waals surface area contributed by atoms with E-state index in [1.165, 1.54) is 36.1 Å². The van der Waals surface area contributed by atoms with Gasteiger partial charge in [0.2, 0.25) is 11.8 Å². The van der Waals surface area contributed by atoms with Gasteiger partial charge >= 0.3 is 6.18 Å². The molecule has 0 radical (unpaired) electrons. The Kier molecular flexibility index (Phi) is 10.3. The van der Waals surface area contributed by atoms with E-state index in [0.29, 0.717) is 20.4 Å². The molecule has 40 heavy (non-hydrogen) atoms. The second-order valence-corrected chi connectivity index (χ2v) is 11.9. The van der Waals surface area contributed by atoms with Crippen LogP contribution >= 0.6 is 27.5 Å². The smallest absolute Gasteiger partial charge is 0.355 e. The average Bonchev–Trinajstić information content (AvgIpc) is 2.90. The number of sulfonamides is 1. The van der Waals surface area contributed by atoms with E-state index < -0.39 is 51.9 Å². The summed E-state index contributed by atoms with van der Waals surface area (Å²) in [6.45, 7) is 2.47. The van der Waals surface area contributed by atoms with Gasteiger partial charge in [0.25, 0.3) is 10.0 Å². The monoisotopic (exact) mass is 659 g/mol. The third kappa shape index (κ3) is 7.55. The molecule has 0 aliphatic heterocycles. The minimum absolute atomic E-state index is 0.0773. The van der Waals surface area contributed by atoms with E-state index in [-0.39, 0.29) is 23.0 Å². The van der Waals surface area contributed by atoms with Gasteiger partial charge in [0.15, 0.2) is 0 Å². The maximum atomic E-state index is 13.8. The fourth-order valence-corrected chi connectivity index (χ4v) is 6.01. The van der Waals surface area contributed by atoms with Gasteiger partial charge in [-0.25, -0.2) is 8.42 Å². The summed E-state index contributed by atoms with van der Waals surface area (Å²) in [6, 6.07) is 15.1. The summed E-state index contributed by atoms with van der Waals surface area (Å²) in [5.74, 6) is -1.31. The molecule has 0 saturated heterocycles. The van der Waals surface area contributed by atoms with E-state index in [1.54, 1.807) is 37.3 Å². The molecule has 0 fully saturated rings. The standard InChI is InChI=1S/C27H26BrClF3N3O4S/c1-3-33-26(37)18(2)34(16-19-8-7-9-21(28)14-19)25(36)17-35(40(38,39)22-10-5-4-6-11-22)24-15-20(27(30,31)32)12-13-23(24)29/h4-15,18H,3,16-17H2,1-2H3,(H,33,37)/t18-/m0/s1. The molecule has 7 nitrogen and oxygen atoms in total. The Morgan fingerprint density at radius 2 is 1.70 bits per heavy atom. The largest absolute Gasteiger partial charge is 0.416 e. The maximum absolute atomic E-state index is 13.8. The lowest BCUT2D eigenvalue weighted by Crippen LogP contribution is -2.51. The highest BCUT2D eigenvalue weighted by Crippen LogP contribution is 2.37. The van der Waals surface area contributed by atoms with Crippen molar-refractivity contribution in [1.29, 1.82) is 0 Å². The highest BCUT2D eigenvalue weighted by molar-refractivity contribution is 9.10. The molecular formula is C27H26BrClF3N3O4S. The van der Waals surface area contributed by atoms with Crippen molar-refractivity contribution in [2.45, 2.75) is 37.5 Å². The van der Waals surface area contributed by atoms with Gasteiger partial charge in [-0.05, 0) is 61.9 Å². The first-order valence-electron chi connectivity index (χ1n) is 12.0. The van der Waals surface area contributed by atoms with E-state index >= 15 is 0 Å². The molecule has 2 amide bonds. The third-order valence-electron chi connectivity index (χ3n) is 5.91. The van der Waals surface area contributed by atoms with Gasteiger partial charge in [-0.15, -0.1) is 0 Å². The Morgan fingerprint density at radius 3 is 2.30 bits per heavy atom. The van der Waals surface area contributed by atoms with Crippen LogP contribution in [0.4, 0.5) is 18.9 Å². The Morgan fingerprint density at radius 1 is 1.02 bits per heavy atom. The van der Waals surface area contributed by atoms with Crippen LogP contribution in [0.3, 0.4) is 0 Å². The number of halogens is 5. The van der Waals surface area contributed by atoms with Crippen molar-refractivity contribution in [2.75, 3.05) is 17.4 Å². The first-order chi connectivity index (χ1) is 18.8. The van der Waals surface area contributed by atoms with Gasteiger partial charge in [0, 0.05) is 17.6 Å². The van der Waals surface area contributed by atoms with Gasteiger partial charge in [-0.3, -0.25) is 13.9 Å². The number of likely N-dealkylation sites (N-methyl/N-ethyl adjacent to an activating group) is 1. The number of hydrogen-bond donors (Lipinski definition) is 1. The number of amides is 2. The lowest BCUT2D eigenvalue weighted by molar-refractivity contribution is -0.139. The van der Waals surface area contributed by atoms with Crippen LogP contribution in [-0.2, 0) is 32.3 Å². The van der Waals surface area contributed by atoms with E-state index in [9.17, 15) is 31.2 Å². The van der Waals surface area contributed by atoms with Crippen molar-refractivity contribution in [3.05, 3.63) is 93.4 Å². The summed E-state index contributed by atoms with van der Waals surface area (Å²) in [5.41, 5.74) is -1.04. The van der Waals surface area contributed by atoms with Gasteiger partial charge < -0.3 is 10.2 Å². The molecule has 3 aromatic rings. The van der Waals surface area contributed by atoms with Gasteiger partial charge in [0.1, 0.15) is 12.6 Å². The Balaban J connectivity index is 2.13. The minimum Gasteiger partial charge on any atom is -0.355 e. The molecule has 3 rings (SSSR count). The van der Waals surface area contributed by atoms with Gasteiger partial charge in [-0.2, -0.15) is 13.2 Å². The van der Waals surface area contributed by atoms with Gasteiger partial charge in [-0.1, -0.05) is 57.9 Å². The molecule has 0 aliphatic rings. The Hall–Kier alpha value is -3.09. The molecule has 1 N–H and O–H groups in total. The van der Waals surface area contributed by atoms with E-state index in [0.717, 1.165) is 12.1 Å². The predicted octanol–water partition coefficient (Wildman–Crippen LogP) is 5.87. The highest BCUT2D eigenvalue weighted by Gasteiger charge is 2.36. The quantitative estimate of drug-likeness (QED) is 0.295. The molecular weight excluding hydrogens is 635 g/mol. The number of alkyl halides is 3. The number of nitrogens with zero attached hydrogens (tertiary/aromatic N) is 2. The van der Waals surface area contributed by atoms with Crippen LogP contribution in [-0.4, -0.2) is 44.3 Å². The van der Waals surface area contributed by atoms with Crippen molar-refractivity contribution in [1.82, 2.24) is 10.2 Å². The third-order valence-corrected chi connectivity index (χ3v) is 8.50. The molecule has 0 heterocycles. The van der Waals surface area contributed by atoms with Crippen molar-refractivity contribution in [3.8, 4) is 0 Å². The van der Waals surface area contributed by atoms with Crippen LogP contribution in [0.25, 0.3) is 0 Å². The molecule has 0 saturated carbocycles. The second kappa shape index (κ2) is 13.0. The summed E-state index contributed by atoms with van der Waals surface area (Å²) in [7, 11) is -4.58. The minimum atomic E-state index is -4.80. The first-order valence-corrected chi connectivity index (χ1v) is 14.6. The van der Waals surface area contributed by atoms with Crippen LogP contribution in [0.1, 0.15) is 25.0 Å². The number of anilines is 1. The van der Waals surface area contributed by atoms with Gasteiger partial charge in [0.05, 0.1) is 21.2 Å². The fraction of sp³-hybridized carbons (Fsp3) is 0.259. The molecule has 214 valence electrons. The average molecular weight is 661 g/mol. The fourth-order valence-electron chi connectivity index (χ4n) is 3.85. The first kappa shape index (κ1) is 31.4. The summed E-state index contributed by atoms with van der Waals surface area (Å²) in [4.78, 5) is 27.4.